The molecular weight excluding hydrogens is 208 g/mol. The molecule has 0 aromatic carbocycles. The highest BCUT2D eigenvalue weighted by molar-refractivity contribution is 5.27. The number of ether oxygens (including phenoxy) is 1. The minimum atomic E-state index is 0.127. The van der Waals surface area contributed by atoms with Gasteiger partial charge in [-0.3, -0.25) is 0 Å². The molecule has 1 nitrogen and oxygen atoms in total. The second-order valence-electron chi connectivity index (χ2n) is 3.61. The van der Waals surface area contributed by atoms with Crippen LogP contribution in [0.1, 0.15) is 34.6 Å². The minimum absolute atomic E-state index is 0.127. The van der Waals surface area contributed by atoms with E-state index in [-0.39, 0.29) is 6.10 Å². The van der Waals surface area contributed by atoms with Crippen LogP contribution in [0.2, 0.25) is 0 Å². The molecule has 0 rings (SSSR count). The molecular formula is C16H28O. The summed E-state index contributed by atoms with van der Waals surface area (Å²) in [5, 5.41) is 0. The van der Waals surface area contributed by atoms with Crippen LogP contribution >= 0.6 is 0 Å². The Labute approximate surface area is 108 Å². The summed E-state index contributed by atoms with van der Waals surface area (Å²) in [6.45, 7) is 18.5. The predicted molar refractivity (Wildman–Crippen MR) is 79.2 cm³/mol. The van der Waals surface area contributed by atoms with Gasteiger partial charge in [0, 0.05) is 6.61 Å². The highest BCUT2D eigenvalue weighted by Gasteiger charge is 2.15. The molecule has 1 unspecified atom stereocenters. The molecule has 1 atom stereocenters. The van der Waals surface area contributed by atoms with E-state index in [1.54, 1.807) is 6.08 Å². The van der Waals surface area contributed by atoms with E-state index in [4.69, 9.17) is 4.74 Å². The second kappa shape index (κ2) is 13.0. The van der Waals surface area contributed by atoms with Crippen LogP contribution in [-0.4, -0.2) is 12.7 Å². The van der Waals surface area contributed by atoms with Gasteiger partial charge in [-0.2, -0.15) is 0 Å². The van der Waals surface area contributed by atoms with Crippen LogP contribution in [0.5, 0.6) is 0 Å². The van der Waals surface area contributed by atoms with Crippen molar-refractivity contribution in [2.45, 2.75) is 40.7 Å². The Hall–Kier alpha value is -1.08. The van der Waals surface area contributed by atoms with Gasteiger partial charge in [-0.15, -0.1) is 0 Å². The van der Waals surface area contributed by atoms with Crippen molar-refractivity contribution < 1.29 is 4.74 Å². The molecule has 1 heteroatoms. The smallest absolute Gasteiger partial charge is 0.0847 e. The summed E-state index contributed by atoms with van der Waals surface area (Å²) in [6, 6.07) is 0. The summed E-state index contributed by atoms with van der Waals surface area (Å²) < 4.78 is 5.69. The second-order valence-corrected chi connectivity index (χ2v) is 3.61. The van der Waals surface area contributed by atoms with Crippen LogP contribution in [0, 0.1) is 5.92 Å². The van der Waals surface area contributed by atoms with Crippen LogP contribution in [0.15, 0.2) is 49.1 Å². The summed E-state index contributed by atoms with van der Waals surface area (Å²) in [7, 11) is 0. The van der Waals surface area contributed by atoms with Gasteiger partial charge in [0.05, 0.1) is 6.10 Å². The molecule has 0 radical (unpaired) electrons. The van der Waals surface area contributed by atoms with Gasteiger partial charge < -0.3 is 4.74 Å². The van der Waals surface area contributed by atoms with Gasteiger partial charge in [-0.05, 0) is 18.4 Å². The number of hydrogen-bond donors (Lipinski definition) is 0. The van der Waals surface area contributed by atoms with Crippen LogP contribution in [0.4, 0.5) is 0 Å². The largest absolute Gasteiger partial charge is 0.374 e. The lowest BCUT2D eigenvalue weighted by atomic mass is 9.98. The first kappa shape index (κ1) is 18.3. The van der Waals surface area contributed by atoms with E-state index in [1.165, 1.54) is 0 Å². The van der Waals surface area contributed by atoms with E-state index in [9.17, 15) is 0 Å². The molecule has 0 aliphatic rings. The minimum Gasteiger partial charge on any atom is -0.374 e. The molecule has 98 valence electrons. The van der Waals surface area contributed by atoms with Crippen molar-refractivity contribution in [1.82, 2.24) is 0 Å². The molecule has 0 saturated carbocycles. The first-order chi connectivity index (χ1) is 8.17. The molecule has 0 aliphatic carbocycles. The van der Waals surface area contributed by atoms with Crippen molar-refractivity contribution in [3.8, 4) is 0 Å². The van der Waals surface area contributed by atoms with Gasteiger partial charge in [0.25, 0.3) is 0 Å². The molecule has 0 saturated heterocycles. The van der Waals surface area contributed by atoms with E-state index < -0.39 is 0 Å². The number of allylic oxidation sites excluding steroid dienone is 4. The zero-order chi connectivity index (χ0) is 13.7. The van der Waals surface area contributed by atoms with E-state index in [0.29, 0.717) is 5.92 Å². The monoisotopic (exact) mass is 236 g/mol. The van der Waals surface area contributed by atoms with E-state index in [2.05, 4.69) is 27.0 Å². The van der Waals surface area contributed by atoms with Crippen LogP contribution in [0.25, 0.3) is 0 Å². The molecule has 0 aromatic heterocycles. The zero-order valence-corrected chi connectivity index (χ0v) is 12.1. The summed E-state index contributed by atoms with van der Waals surface area (Å²) in [6.07, 6.45) is 9.61. The van der Waals surface area contributed by atoms with Crippen molar-refractivity contribution in [3.05, 3.63) is 49.1 Å². The lowest BCUT2D eigenvalue weighted by molar-refractivity contribution is 0.0589. The average molecular weight is 236 g/mol. The fourth-order valence-corrected chi connectivity index (χ4v) is 1.38. The molecule has 0 fully saturated rings. The van der Waals surface area contributed by atoms with Crippen molar-refractivity contribution in [1.29, 1.82) is 0 Å². The number of hydrogen-bond acceptors (Lipinski definition) is 1. The molecule has 0 heterocycles. The Morgan fingerprint density at radius 3 is 2.12 bits per heavy atom. The van der Waals surface area contributed by atoms with Gasteiger partial charge in [-0.25, -0.2) is 0 Å². The third kappa shape index (κ3) is 8.70. The Morgan fingerprint density at radius 2 is 1.76 bits per heavy atom. The predicted octanol–water partition coefficient (Wildman–Crippen LogP) is 4.93. The lowest BCUT2D eigenvalue weighted by Gasteiger charge is -2.21. The van der Waals surface area contributed by atoms with E-state index >= 15 is 0 Å². The quantitative estimate of drug-likeness (QED) is 0.570. The van der Waals surface area contributed by atoms with Crippen molar-refractivity contribution >= 4 is 0 Å². The normalized spacial score (nSPS) is 13.2. The lowest BCUT2D eigenvalue weighted by Crippen LogP contribution is -2.21. The average Bonchev–Trinajstić information content (AvgIpc) is 2.35. The van der Waals surface area contributed by atoms with Crippen LogP contribution in [-0.2, 0) is 4.74 Å². The SMILES string of the molecule is C=C/C=C\C=C(/C=C)C(OCC)C(C)C.CC. The molecule has 0 bridgehead atoms. The van der Waals surface area contributed by atoms with Crippen LogP contribution in [0.3, 0.4) is 0 Å². The van der Waals surface area contributed by atoms with E-state index in [1.807, 2.05) is 45.1 Å². The third-order valence-electron chi connectivity index (χ3n) is 2.05. The summed E-state index contributed by atoms with van der Waals surface area (Å²) in [5.74, 6) is 0.450. The molecule has 0 N–H and O–H groups in total. The Bertz CT molecular complexity index is 246. The van der Waals surface area contributed by atoms with Crippen molar-refractivity contribution in [3.63, 3.8) is 0 Å². The Kier molecular flexibility index (Phi) is 14.0. The standard InChI is InChI=1S/C14H22O.C2H6/c1-6-9-10-11-13(7-2)14(12(4)5)15-8-3;1-2/h6-7,9-12,14H,1-2,8H2,3-5H3;1-2H3/b10-9-,13-11+;. The van der Waals surface area contributed by atoms with Gasteiger partial charge in [0.15, 0.2) is 0 Å². The van der Waals surface area contributed by atoms with Gasteiger partial charge in [0.1, 0.15) is 0 Å². The maximum atomic E-state index is 5.69. The first-order valence-electron chi connectivity index (χ1n) is 6.40. The Balaban J connectivity index is 0. The highest BCUT2D eigenvalue weighted by atomic mass is 16.5. The maximum absolute atomic E-state index is 5.69. The summed E-state index contributed by atoms with van der Waals surface area (Å²) in [4.78, 5) is 0. The zero-order valence-electron chi connectivity index (χ0n) is 12.1. The highest BCUT2D eigenvalue weighted by Crippen LogP contribution is 2.17. The topological polar surface area (TPSA) is 9.23 Å². The van der Waals surface area contributed by atoms with E-state index in [0.717, 1.165) is 12.2 Å². The fourth-order valence-electron chi connectivity index (χ4n) is 1.38. The van der Waals surface area contributed by atoms with Gasteiger partial charge in [0.2, 0.25) is 0 Å². The summed E-state index contributed by atoms with van der Waals surface area (Å²) >= 11 is 0. The third-order valence-corrected chi connectivity index (χ3v) is 2.05. The number of rotatable bonds is 7. The fraction of sp³-hybridized carbons (Fsp3) is 0.500. The van der Waals surface area contributed by atoms with Crippen LogP contribution < -0.4 is 0 Å². The molecule has 0 aliphatic heterocycles. The first-order valence-corrected chi connectivity index (χ1v) is 6.40. The van der Waals surface area contributed by atoms with Gasteiger partial charge in [-0.1, -0.05) is 71.2 Å². The van der Waals surface area contributed by atoms with Crippen molar-refractivity contribution in [2.75, 3.05) is 6.61 Å². The molecule has 17 heavy (non-hydrogen) atoms. The molecule has 0 aromatic rings. The molecule has 0 spiro atoms. The molecule has 0 amide bonds. The van der Waals surface area contributed by atoms with Gasteiger partial charge >= 0.3 is 0 Å². The Morgan fingerprint density at radius 1 is 1.18 bits per heavy atom. The van der Waals surface area contributed by atoms with Crippen molar-refractivity contribution in [2.24, 2.45) is 5.92 Å². The maximum Gasteiger partial charge on any atom is 0.0847 e. The summed E-state index contributed by atoms with van der Waals surface area (Å²) in [5.41, 5.74) is 1.12.